The molecule has 26 heavy (non-hydrogen) atoms. The molecule has 2 aromatic carbocycles. The molecule has 0 aliphatic carbocycles. The maximum absolute atomic E-state index is 12.5. The number of carboxylic acids is 1. The van der Waals surface area contributed by atoms with Gasteiger partial charge in [-0.2, -0.15) is 0 Å². The number of carbonyl (C=O) groups is 2. The Balaban J connectivity index is 0.000000765. The van der Waals surface area contributed by atoms with Crippen molar-refractivity contribution < 1.29 is 23.1 Å². The van der Waals surface area contributed by atoms with E-state index in [2.05, 4.69) is 11.6 Å². The van der Waals surface area contributed by atoms with Crippen molar-refractivity contribution in [3.8, 4) is 0 Å². The minimum atomic E-state index is -3.56. The fraction of sp³-hybridized carbons (Fsp3) is 0.222. The predicted molar refractivity (Wildman–Crippen MR) is 98.9 cm³/mol. The Morgan fingerprint density at radius 2 is 1.42 bits per heavy atom. The van der Waals surface area contributed by atoms with E-state index in [4.69, 9.17) is 10.8 Å². The van der Waals surface area contributed by atoms with Gasteiger partial charge in [-0.3, -0.25) is 9.59 Å². The van der Waals surface area contributed by atoms with E-state index in [1.54, 1.807) is 36.4 Å². The number of aryl methyl sites for hydroxylation is 1. The highest BCUT2D eigenvalue weighted by atomic mass is 35.5. The molecule has 0 spiro atoms. The molecule has 140 valence electrons. The van der Waals surface area contributed by atoms with Crippen LogP contribution in [0.3, 0.4) is 0 Å². The van der Waals surface area contributed by atoms with E-state index in [9.17, 15) is 18.0 Å². The standard InChI is InChI=1S/C16H17NO4S.C2H3ClO/c1-11-2-6-13(7-3-11)22(20,21)14-8-4-12(5-9-14)10-15(17)16(18)19;1-2(3)4/h2-9,15H,10,17H2,1H3,(H,18,19);1H3/t15-;/m0./s1. The smallest absolute Gasteiger partial charge is 0.320 e. The van der Waals surface area contributed by atoms with Crippen molar-refractivity contribution in [2.75, 3.05) is 0 Å². The summed E-state index contributed by atoms with van der Waals surface area (Å²) in [5.41, 5.74) is 7.12. The van der Waals surface area contributed by atoms with E-state index in [-0.39, 0.29) is 21.5 Å². The largest absolute Gasteiger partial charge is 0.480 e. The summed E-state index contributed by atoms with van der Waals surface area (Å²) in [6, 6.07) is 11.7. The predicted octanol–water partition coefficient (Wildman–Crippen LogP) is 2.55. The van der Waals surface area contributed by atoms with Gasteiger partial charge in [0, 0.05) is 6.92 Å². The van der Waals surface area contributed by atoms with Crippen LogP contribution in [0, 0.1) is 6.92 Å². The number of hydrogen-bond acceptors (Lipinski definition) is 5. The van der Waals surface area contributed by atoms with E-state index >= 15 is 0 Å². The highest BCUT2D eigenvalue weighted by Gasteiger charge is 2.18. The number of halogens is 1. The number of carbonyl (C=O) groups excluding carboxylic acids is 1. The van der Waals surface area contributed by atoms with Gasteiger partial charge in [-0.1, -0.05) is 29.8 Å². The second kappa shape index (κ2) is 9.47. The van der Waals surface area contributed by atoms with Gasteiger partial charge in [0.15, 0.2) is 0 Å². The summed E-state index contributed by atoms with van der Waals surface area (Å²) in [5, 5.41) is 8.42. The van der Waals surface area contributed by atoms with Crippen LogP contribution in [0.25, 0.3) is 0 Å². The molecule has 0 saturated heterocycles. The molecule has 6 nitrogen and oxygen atoms in total. The van der Waals surface area contributed by atoms with Crippen LogP contribution in [-0.2, 0) is 25.8 Å². The molecule has 0 unspecified atom stereocenters. The van der Waals surface area contributed by atoms with Crippen molar-refractivity contribution in [2.45, 2.75) is 36.1 Å². The number of carboxylic acid groups (broad SMARTS) is 1. The molecule has 0 aromatic heterocycles. The molecule has 0 aliphatic rings. The molecule has 0 saturated carbocycles. The Hall–Kier alpha value is -2.22. The molecule has 8 heteroatoms. The highest BCUT2D eigenvalue weighted by Crippen LogP contribution is 2.21. The summed E-state index contributed by atoms with van der Waals surface area (Å²) in [7, 11) is -3.56. The van der Waals surface area contributed by atoms with E-state index in [0.29, 0.717) is 5.56 Å². The molecule has 0 heterocycles. The van der Waals surface area contributed by atoms with Gasteiger partial charge in [0.1, 0.15) is 6.04 Å². The fourth-order valence-corrected chi connectivity index (χ4v) is 3.26. The number of benzene rings is 2. The van der Waals surface area contributed by atoms with Crippen molar-refractivity contribution in [3.63, 3.8) is 0 Å². The summed E-state index contributed by atoms with van der Waals surface area (Å²) in [6.45, 7) is 3.18. The second-order valence-corrected chi connectivity index (χ2v) is 8.06. The van der Waals surface area contributed by atoms with Gasteiger partial charge in [0.2, 0.25) is 15.1 Å². The van der Waals surface area contributed by atoms with Crippen LogP contribution in [0.5, 0.6) is 0 Å². The van der Waals surface area contributed by atoms with Crippen molar-refractivity contribution >= 4 is 32.6 Å². The topological polar surface area (TPSA) is 115 Å². The van der Waals surface area contributed by atoms with Crippen LogP contribution in [-0.4, -0.2) is 30.8 Å². The Morgan fingerprint density at radius 1 is 1.04 bits per heavy atom. The van der Waals surface area contributed by atoms with Crippen molar-refractivity contribution in [2.24, 2.45) is 5.73 Å². The number of nitrogens with two attached hydrogens (primary N) is 1. The maximum atomic E-state index is 12.5. The summed E-state index contributed by atoms with van der Waals surface area (Å²) in [6.07, 6.45) is 0.153. The van der Waals surface area contributed by atoms with Crippen molar-refractivity contribution in [1.82, 2.24) is 0 Å². The van der Waals surface area contributed by atoms with Crippen LogP contribution >= 0.6 is 11.6 Å². The first-order valence-electron chi connectivity index (χ1n) is 7.59. The van der Waals surface area contributed by atoms with Gasteiger partial charge < -0.3 is 10.8 Å². The quantitative estimate of drug-likeness (QED) is 0.749. The third kappa shape index (κ3) is 6.59. The molecule has 1 atom stereocenters. The third-order valence-corrected chi connectivity index (χ3v) is 5.12. The average molecular weight is 398 g/mol. The monoisotopic (exact) mass is 397 g/mol. The van der Waals surface area contributed by atoms with E-state index in [1.165, 1.54) is 19.1 Å². The maximum Gasteiger partial charge on any atom is 0.320 e. The SMILES string of the molecule is CC(=O)Cl.Cc1ccc(S(=O)(=O)c2ccc(C[C@H](N)C(=O)O)cc2)cc1. The third-order valence-electron chi connectivity index (χ3n) is 3.34. The first-order chi connectivity index (χ1) is 12.0. The number of rotatable bonds is 5. The van der Waals surface area contributed by atoms with Crippen LogP contribution in [0.1, 0.15) is 18.1 Å². The molecular weight excluding hydrogens is 378 g/mol. The van der Waals surface area contributed by atoms with E-state index in [0.717, 1.165) is 5.56 Å². The summed E-state index contributed by atoms with van der Waals surface area (Å²) in [4.78, 5) is 20.3. The molecule has 0 fully saturated rings. The van der Waals surface area contributed by atoms with Crippen LogP contribution in [0.4, 0.5) is 0 Å². The van der Waals surface area contributed by atoms with Gasteiger partial charge >= 0.3 is 5.97 Å². The lowest BCUT2D eigenvalue weighted by Gasteiger charge is -2.08. The number of aliphatic carboxylic acids is 1. The first kappa shape index (κ1) is 21.8. The van der Waals surface area contributed by atoms with E-state index < -0.39 is 21.8 Å². The minimum absolute atomic E-state index is 0.153. The average Bonchev–Trinajstić information content (AvgIpc) is 2.55. The summed E-state index contributed by atoms with van der Waals surface area (Å²) in [5.74, 6) is -1.09. The lowest BCUT2D eigenvalue weighted by Crippen LogP contribution is -2.32. The normalized spacial score (nSPS) is 11.8. The van der Waals surface area contributed by atoms with Crippen LogP contribution < -0.4 is 5.73 Å². The first-order valence-corrected chi connectivity index (χ1v) is 9.45. The lowest BCUT2D eigenvalue weighted by atomic mass is 10.1. The lowest BCUT2D eigenvalue weighted by molar-refractivity contribution is -0.138. The highest BCUT2D eigenvalue weighted by molar-refractivity contribution is 7.91. The van der Waals surface area contributed by atoms with Crippen LogP contribution in [0.15, 0.2) is 58.3 Å². The molecule has 0 aliphatic heterocycles. The molecule has 0 radical (unpaired) electrons. The van der Waals surface area contributed by atoms with Gasteiger partial charge in [-0.15, -0.1) is 0 Å². The molecular formula is C18H20ClNO5S. The van der Waals surface area contributed by atoms with Crippen LogP contribution in [0.2, 0.25) is 0 Å². The summed E-state index contributed by atoms with van der Waals surface area (Å²) < 4.78 is 24.9. The molecule has 0 bridgehead atoms. The fourth-order valence-electron chi connectivity index (χ4n) is 2.00. The van der Waals surface area contributed by atoms with Crippen molar-refractivity contribution in [1.29, 1.82) is 0 Å². The van der Waals surface area contributed by atoms with Crippen molar-refractivity contribution in [3.05, 3.63) is 59.7 Å². The number of sulfone groups is 1. The molecule has 3 N–H and O–H groups in total. The van der Waals surface area contributed by atoms with Gasteiger partial charge in [-0.05, 0) is 54.8 Å². The zero-order chi connectivity index (χ0) is 19.9. The number of hydrogen-bond donors (Lipinski definition) is 2. The Kier molecular flexibility index (Phi) is 7.95. The molecule has 2 aromatic rings. The second-order valence-electron chi connectivity index (χ2n) is 5.58. The van der Waals surface area contributed by atoms with Gasteiger partial charge in [0.05, 0.1) is 9.79 Å². The van der Waals surface area contributed by atoms with Gasteiger partial charge in [-0.25, -0.2) is 8.42 Å². The molecule has 0 amide bonds. The Labute approximate surface area is 157 Å². The summed E-state index contributed by atoms with van der Waals surface area (Å²) >= 11 is 4.64. The zero-order valence-electron chi connectivity index (χ0n) is 14.3. The van der Waals surface area contributed by atoms with Gasteiger partial charge in [0.25, 0.3) is 0 Å². The molecule has 2 rings (SSSR count). The minimum Gasteiger partial charge on any atom is -0.480 e. The zero-order valence-corrected chi connectivity index (χ0v) is 15.9. The van der Waals surface area contributed by atoms with E-state index in [1.807, 2.05) is 6.92 Å². The Bertz CT molecular complexity index is 857. The Morgan fingerprint density at radius 3 is 1.81 bits per heavy atom.